The van der Waals surface area contributed by atoms with Crippen LogP contribution in [0.2, 0.25) is 0 Å². The van der Waals surface area contributed by atoms with Crippen molar-refractivity contribution in [3.05, 3.63) is 70.5 Å². The monoisotopic (exact) mass is 362 g/mol. The van der Waals surface area contributed by atoms with Crippen LogP contribution in [0.25, 0.3) is 22.4 Å². The third-order valence-electron chi connectivity index (χ3n) is 4.36. The smallest absolute Gasteiger partial charge is 0.261 e. The van der Waals surface area contributed by atoms with Crippen molar-refractivity contribution in [3.63, 3.8) is 0 Å². The van der Waals surface area contributed by atoms with E-state index in [0.717, 1.165) is 11.3 Å². The molecule has 0 atom stereocenters. The lowest BCUT2D eigenvalue weighted by Crippen LogP contribution is -2.26. The van der Waals surface area contributed by atoms with Crippen molar-refractivity contribution in [1.29, 1.82) is 0 Å². The molecule has 0 amide bonds. The molecule has 0 saturated heterocycles. The Hall–Kier alpha value is -3.48. The second kappa shape index (κ2) is 7.03. The minimum atomic E-state index is -0.103. The number of hydrogen-bond donors (Lipinski definition) is 0. The molecule has 27 heavy (non-hydrogen) atoms. The molecule has 0 unspecified atom stereocenters. The Bertz CT molecular complexity index is 1150. The van der Waals surface area contributed by atoms with E-state index >= 15 is 0 Å². The number of fused-ring (bicyclic) bond motifs is 1. The summed E-state index contributed by atoms with van der Waals surface area (Å²) in [5, 5.41) is 4.60. The minimum absolute atomic E-state index is 0.103. The van der Waals surface area contributed by atoms with Gasteiger partial charge in [0.1, 0.15) is 11.6 Å². The van der Waals surface area contributed by atoms with Gasteiger partial charge in [-0.1, -0.05) is 24.2 Å². The molecule has 0 bridgehead atoms. The average molecular weight is 362 g/mol. The summed E-state index contributed by atoms with van der Waals surface area (Å²) in [6.45, 7) is 2.17. The minimum Gasteiger partial charge on any atom is -0.497 e. The van der Waals surface area contributed by atoms with Crippen LogP contribution in [0.1, 0.15) is 18.6 Å². The van der Waals surface area contributed by atoms with Crippen molar-refractivity contribution in [2.45, 2.75) is 19.9 Å². The number of aryl methyl sites for hydroxylation is 1. The fourth-order valence-electron chi connectivity index (χ4n) is 2.96. The molecular weight excluding hydrogens is 344 g/mol. The molecule has 0 N–H and O–H groups in total. The molecule has 7 heteroatoms. The second-order valence-electron chi connectivity index (χ2n) is 6.03. The van der Waals surface area contributed by atoms with Crippen molar-refractivity contribution < 1.29 is 9.26 Å². The van der Waals surface area contributed by atoms with Gasteiger partial charge < -0.3 is 9.26 Å². The van der Waals surface area contributed by atoms with E-state index in [-0.39, 0.29) is 12.1 Å². The van der Waals surface area contributed by atoms with Crippen LogP contribution in [0.3, 0.4) is 0 Å². The highest BCUT2D eigenvalue weighted by atomic mass is 16.5. The van der Waals surface area contributed by atoms with Gasteiger partial charge in [0, 0.05) is 12.0 Å². The Balaban J connectivity index is 1.69. The standard InChI is InChI=1S/C20H18N4O3/c1-3-18-21-16-7-5-4-6-15(16)20(25)24(18)12-17-22-19(27-23-17)13-8-10-14(26-2)11-9-13/h4-11H,3,12H2,1-2H3. The summed E-state index contributed by atoms with van der Waals surface area (Å²) in [4.78, 5) is 21.9. The van der Waals surface area contributed by atoms with Crippen molar-refractivity contribution in [2.75, 3.05) is 7.11 Å². The summed E-state index contributed by atoms with van der Waals surface area (Å²) < 4.78 is 12.1. The molecule has 0 fully saturated rings. The first-order valence-electron chi connectivity index (χ1n) is 8.65. The van der Waals surface area contributed by atoms with Gasteiger partial charge in [0.05, 0.1) is 24.6 Å². The quantitative estimate of drug-likeness (QED) is 0.543. The van der Waals surface area contributed by atoms with E-state index in [4.69, 9.17) is 9.26 Å². The number of para-hydroxylation sites is 1. The van der Waals surface area contributed by atoms with Crippen LogP contribution in [0, 0.1) is 0 Å². The predicted octanol–water partition coefficient (Wildman–Crippen LogP) is 3.07. The number of rotatable bonds is 5. The van der Waals surface area contributed by atoms with Crippen molar-refractivity contribution in [2.24, 2.45) is 0 Å². The zero-order valence-electron chi connectivity index (χ0n) is 15.0. The Morgan fingerprint density at radius 1 is 1.07 bits per heavy atom. The van der Waals surface area contributed by atoms with Crippen LogP contribution in [-0.4, -0.2) is 26.8 Å². The predicted molar refractivity (Wildman–Crippen MR) is 101 cm³/mol. The van der Waals surface area contributed by atoms with Crippen LogP contribution in [0.5, 0.6) is 5.75 Å². The van der Waals surface area contributed by atoms with Gasteiger partial charge >= 0.3 is 0 Å². The average Bonchev–Trinajstić information content (AvgIpc) is 3.18. The summed E-state index contributed by atoms with van der Waals surface area (Å²) >= 11 is 0. The van der Waals surface area contributed by atoms with E-state index in [0.29, 0.717) is 34.9 Å². The molecular formula is C20H18N4O3. The molecule has 0 saturated carbocycles. The molecule has 4 rings (SSSR count). The largest absolute Gasteiger partial charge is 0.497 e. The zero-order chi connectivity index (χ0) is 18.8. The molecule has 2 aromatic heterocycles. The van der Waals surface area contributed by atoms with Gasteiger partial charge in [0.2, 0.25) is 0 Å². The molecule has 0 radical (unpaired) electrons. The summed E-state index contributed by atoms with van der Waals surface area (Å²) in [5.74, 6) is 2.26. The highest BCUT2D eigenvalue weighted by Crippen LogP contribution is 2.21. The number of hydrogen-bond acceptors (Lipinski definition) is 6. The summed E-state index contributed by atoms with van der Waals surface area (Å²) in [6.07, 6.45) is 0.628. The van der Waals surface area contributed by atoms with Gasteiger partial charge in [0.25, 0.3) is 11.4 Å². The lowest BCUT2D eigenvalue weighted by atomic mass is 10.2. The van der Waals surface area contributed by atoms with Gasteiger partial charge in [-0.2, -0.15) is 4.98 Å². The maximum absolute atomic E-state index is 12.9. The molecule has 4 aromatic rings. The second-order valence-corrected chi connectivity index (χ2v) is 6.03. The maximum atomic E-state index is 12.9. The molecule has 7 nitrogen and oxygen atoms in total. The molecule has 0 aliphatic rings. The number of nitrogens with zero attached hydrogens (tertiary/aromatic N) is 4. The molecule has 2 aromatic carbocycles. The summed E-state index contributed by atoms with van der Waals surface area (Å²) in [5.41, 5.74) is 1.38. The Labute approximate surface area is 155 Å². The van der Waals surface area contributed by atoms with E-state index in [1.807, 2.05) is 49.4 Å². The number of aromatic nitrogens is 4. The SMILES string of the molecule is CCc1nc2ccccc2c(=O)n1Cc1noc(-c2ccc(OC)cc2)n1. The fraction of sp³-hybridized carbons (Fsp3) is 0.200. The van der Waals surface area contributed by atoms with Gasteiger partial charge in [-0.05, 0) is 36.4 Å². The van der Waals surface area contributed by atoms with Gasteiger partial charge in [-0.3, -0.25) is 9.36 Å². The lowest BCUT2D eigenvalue weighted by Gasteiger charge is -2.10. The Kier molecular flexibility index (Phi) is 4.42. The van der Waals surface area contributed by atoms with E-state index in [1.165, 1.54) is 0 Å². The third kappa shape index (κ3) is 3.19. The maximum Gasteiger partial charge on any atom is 0.261 e. The summed E-state index contributed by atoms with van der Waals surface area (Å²) in [6, 6.07) is 14.7. The van der Waals surface area contributed by atoms with E-state index in [1.54, 1.807) is 17.7 Å². The highest BCUT2D eigenvalue weighted by Gasteiger charge is 2.14. The topological polar surface area (TPSA) is 83.0 Å². The Morgan fingerprint density at radius 2 is 1.85 bits per heavy atom. The number of ether oxygens (including phenoxy) is 1. The first kappa shape index (κ1) is 17.0. The van der Waals surface area contributed by atoms with Gasteiger partial charge in [-0.25, -0.2) is 4.98 Å². The van der Waals surface area contributed by atoms with Gasteiger partial charge in [-0.15, -0.1) is 0 Å². The van der Waals surface area contributed by atoms with Crippen LogP contribution in [-0.2, 0) is 13.0 Å². The number of benzene rings is 2. The molecule has 2 heterocycles. The van der Waals surface area contributed by atoms with E-state index in [2.05, 4.69) is 15.1 Å². The van der Waals surface area contributed by atoms with Crippen LogP contribution >= 0.6 is 0 Å². The molecule has 0 aliphatic carbocycles. The first-order chi connectivity index (χ1) is 13.2. The summed E-state index contributed by atoms with van der Waals surface area (Å²) in [7, 11) is 1.61. The van der Waals surface area contributed by atoms with Gasteiger partial charge in [0.15, 0.2) is 5.82 Å². The van der Waals surface area contributed by atoms with Crippen LogP contribution in [0.4, 0.5) is 0 Å². The third-order valence-corrected chi connectivity index (χ3v) is 4.36. The first-order valence-corrected chi connectivity index (χ1v) is 8.65. The molecule has 136 valence electrons. The Morgan fingerprint density at radius 3 is 2.59 bits per heavy atom. The van der Waals surface area contributed by atoms with Crippen LogP contribution in [0.15, 0.2) is 57.8 Å². The molecule has 0 aliphatic heterocycles. The fourth-order valence-corrected chi connectivity index (χ4v) is 2.96. The number of methoxy groups -OCH3 is 1. The highest BCUT2D eigenvalue weighted by molar-refractivity contribution is 5.77. The lowest BCUT2D eigenvalue weighted by molar-refractivity contribution is 0.413. The van der Waals surface area contributed by atoms with E-state index in [9.17, 15) is 4.79 Å². The van der Waals surface area contributed by atoms with Crippen molar-refractivity contribution in [3.8, 4) is 17.2 Å². The van der Waals surface area contributed by atoms with E-state index < -0.39 is 0 Å². The van der Waals surface area contributed by atoms with Crippen molar-refractivity contribution >= 4 is 10.9 Å². The van der Waals surface area contributed by atoms with Crippen molar-refractivity contribution in [1.82, 2.24) is 19.7 Å². The normalized spacial score (nSPS) is 11.0. The molecule has 0 spiro atoms. The zero-order valence-corrected chi connectivity index (χ0v) is 15.0. The van der Waals surface area contributed by atoms with Crippen LogP contribution < -0.4 is 10.3 Å².